The van der Waals surface area contributed by atoms with Gasteiger partial charge in [-0.3, -0.25) is 30.3 Å². The van der Waals surface area contributed by atoms with Crippen molar-refractivity contribution < 1.29 is 14.8 Å². The third kappa shape index (κ3) is 3.87. The fourth-order valence-electron chi connectivity index (χ4n) is 1.93. The maximum Gasteiger partial charge on any atom is 0.306 e. The van der Waals surface area contributed by atoms with Crippen LogP contribution in [-0.4, -0.2) is 14.8 Å². The Morgan fingerprint density at radius 1 is 0.769 bits per heavy atom. The number of nitro groups is 3. The third-order valence-corrected chi connectivity index (χ3v) is 5.75. The number of halogens is 4. The Morgan fingerprint density at radius 3 is 1.54 bits per heavy atom. The molecule has 0 saturated carbocycles. The van der Waals surface area contributed by atoms with Crippen LogP contribution in [0.4, 0.5) is 28.4 Å². The van der Waals surface area contributed by atoms with Gasteiger partial charge in [-0.2, -0.15) is 0 Å². The molecule has 0 unspecified atom stereocenters. The van der Waals surface area contributed by atoms with Crippen LogP contribution in [0.25, 0.3) is 0 Å². The Bertz CT molecular complexity index is 910. The van der Waals surface area contributed by atoms with Crippen molar-refractivity contribution in [3.05, 3.63) is 67.5 Å². The van der Waals surface area contributed by atoms with E-state index in [1.807, 2.05) is 0 Å². The predicted octanol–water partition coefficient (Wildman–Crippen LogP) is 5.99. The lowest BCUT2D eigenvalue weighted by Gasteiger charge is -2.13. The van der Waals surface area contributed by atoms with Gasteiger partial charge in [0.05, 0.1) is 51.6 Å². The minimum absolute atomic E-state index is 0.0718. The molecule has 1 N–H and O–H groups in total. The summed E-state index contributed by atoms with van der Waals surface area (Å²) in [7, 11) is 0. The highest BCUT2D eigenvalue weighted by atomic mass is 79.9. The summed E-state index contributed by atoms with van der Waals surface area (Å²) < 4.78 is 0.440. The molecule has 0 amide bonds. The van der Waals surface area contributed by atoms with Crippen LogP contribution in [0, 0.1) is 30.3 Å². The quantitative estimate of drug-likeness (QED) is 0.284. The second kappa shape index (κ2) is 7.70. The van der Waals surface area contributed by atoms with E-state index >= 15 is 0 Å². The molecule has 0 aliphatic carbocycles. The Hall–Kier alpha value is -2.02. The Kier molecular flexibility index (Phi) is 6.01. The molecule has 26 heavy (non-hydrogen) atoms. The van der Waals surface area contributed by atoms with E-state index in [9.17, 15) is 30.3 Å². The van der Waals surface area contributed by atoms with E-state index in [1.165, 1.54) is 6.07 Å². The Morgan fingerprint density at radius 2 is 1.19 bits per heavy atom. The molecule has 14 heteroatoms. The van der Waals surface area contributed by atoms with Crippen molar-refractivity contribution in [2.75, 3.05) is 5.32 Å². The van der Waals surface area contributed by atoms with Crippen LogP contribution in [0.3, 0.4) is 0 Å². The van der Waals surface area contributed by atoms with Gasteiger partial charge in [0.25, 0.3) is 5.69 Å². The van der Waals surface area contributed by atoms with Gasteiger partial charge in [0.15, 0.2) is 5.69 Å². The molecule has 136 valence electrons. The molecule has 0 bridgehead atoms. The molecule has 0 aliphatic heterocycles. The van der Waals surface area contributed by atoms with Gasteiger partial charge in [0, 0.05) is 0 Å². The standard InChI is InChI=1S/C12H4Br2Cl2N4O6/c13-9-5(15)3-6(16)10(14)12(9)17-11-7(19(23)24)1-4(18(21)22)2-8(11)20(25)26/h1-3,17H. The Labute approximate surface area is 170 Å². The SMILES string of the molecule is O=[N+]([O-])c1cc([N+](=O)[O-])c(Nc2c(Br)c(Cl)cc(Cl)c2Br)c([N+](=O)[O-])c1. The van der Waals surface area contributed by atoms with Crippen LogP contribution >= 0.6 is 55.1 Å². The van der Waals surface area contributed by atoms with E-state index in [0.29, 0.717) is 12.1 Å². The second-order valence-corrected chi connectivity index (χ2v) is 7.00. The monoisotopic (exact) mass is 528 g/mol. The zero-order valence-corrected chi connectivity index (χ0v) is 16.7. The minimum Gasteiger partial charge on any atom is -0.342 e. The van der Waals surface area contributed by atoms with Crippen LogP contribution < -0.4 is 5.32 Å². The van der Waals surface area contributed by atoms with Gasteiger partial charge in [-0.05, 0) is 37.9 Å². The molecule has 0 aromatic heterocycles. The number of hydrogen-bond donors (Lipinski definition) is 1. The van der Waals surface area contributed by atoms with Crippen molar-refractivity contribution >= 4 is 83.5 Å². The number of hydrogen-bond acceptors (Lipinski definition) is 7. The molecular weight excluding hydrogens is 527 g/mol. The fraction of sp³-hybridized carbons (Fsp3) is 0. The van der Waals surface area contributed by atoms with E-state index in [2.05, 4.69) is 37.2 Å². The highest BCUT2D eigenvalue weighted by Gasteiger charge is 2.31. The summed E-state index contributed by atoms with van der Waals surface area (Å²) in [6, 6.07) is 2.60. The number of benzene rings is 2. The molecule has 2 rings (SSSR count). The van der Waals surface area contributed by atoms with Crippen molar-refractivity contribution in [2.45, 2.75) is 0 Å². The fourth-order valence-corrected chi connectivity index (χ4v) is 3.48. The first-order chi connectivity index (χ1) is 12.0. The Balaban J connectivity index is 2.80. The second-order valence-electron chi connectivity index (χ2n) is 4.60. The number of nitro benzene ring substituents is 3. The maximum absolute atomic E-state index is 11.3. The number of nitrogens with one attached hydrogen (secondary N) is 1. The summed E-state index contributed by atoms with van der Waals surface area (Å²) in [6.45, 7) is 0. The van der Waals surface area contributed by atoms with Gasteiger partial charge in [0.1, 0.15) is 0 Å². The topological polar surface area (TPSA) is 141 Å². The van der Waals surface area contributed by atoms with E-state index in [-0.39, 0.29) is 24.7 Å². The summed E-state index contributed by atoms with van der Waals surface area (Å²) in [5, 5.41) is 36.3. The van der Waals surface area contributed by atoms with E-state index in [1.54, 1.807) is 0 Å². The van der Waals surface area contributed by atoms with Crippen molar-refractivity contribution in [3.63, 3.8) is 0 Å². The lowest BCUT2D eigenvalue weighted by Crippen LogP contribution is -2.04. The van der Waals surface area contributed by atoms with E-state index < -0.39 is 37.5 Å². The summed E-state index contributed by atoms with van der Waals surface area (Å²) in [5.41, 5.74) is -3.01. The van der Waals surface area contributed by atoms with Gasteiger partial charge in [-0.25, -0.2) is 0 Å². The van der Waals surface area contributed by atoms with Crippen LogP contribution in [-0.2, 0) is 0 Å². The summed E-state index contributed by atoms with van der Waals surface area (Å²) >= 11 is 18.3. The van der Waals surface area contributed by atoms with Crippen LogP contribution in [0.5, 0.6) is 0 Å². The summed E-state index contributed by atoms with van der Waals surface area (Å²) in [6.07, 6.45) is 0. The first-order valence-corrected chi connectivity index (χ1v) is 8.60. The molecule has 2 aromatic carbocycles. The highest BCUT2D eigenvalue weighted by Crippen LogP contribution is 2.46. The first kappa shape index (κ1) is 20.3. The molecule has 0 spiro atoms. The third-order valence-electron chi connectivity index (χ3n) is 3.05. The number of rotatable bonds is 5. The lowest BCUT2D eigenvalue weighted by molar-refractivity contribution is -0.401. The average Bonchev–Trinajstić information content (AvgIpc) is 2.55. The lowest BCUT2D eigenvalue weighted by atomic mass is 10.2. The van der Waals surface area contributed by atoms with Crippen molar-refractivity contribution in [3.8, 4) is 0 Å². The molecular formula is C12H4Br2Cl2N4O6. The van der Waals surface area contributed by atoms with E-state index in [4.69, 9.17) is 23.2 Å². The van der Waals surface area contributed by atoms with Gasteiger partial charge in [0.2, 0.25) is 0 Å². The van der Waals surface area contributed by atoms with Gasteiger partial charge in [-0.1, -0.05) is 23.2 Å². The predicted molar refractivity (Wildman–Crippen MR) is 102 cm³/mol. The number of anilines is 2. The smallest absolute Gasteiger partial charge is 0.306 e. The molecule has 0 atom stereocenters. The van der Waals surface area contributed by atoms with Crippen molar-refractivity contribution in [1.29, 1.82) is 0 Å². The average molecular weight is 531 g/mol. The van der Waals surface area contributed by atoms with Gasteiger partial charge < -0.3 is 5.32 Å². The van der Waals surface area contributed by atoms with Crippen LogP contribution in [0.1, 0.15) is 0 Å². The summed E-state index contributed by atoms with van der Waals surface area (Å²) in [5.74, 6) is 0. The van der Waals surface area contributed by atoms with Crippen molar-refractivity contribution in [1.82, 2.24) is 0 Å². The molecule has 0 saturated heterocycles. The highest BCUT2D eigenvalue weighted by molar-refractivity contribution is 9.11. The largest absolute Gasteiger partial charge is 0.342 e. The zero-order valence-electron chi connectivity index (χ0n) is 12.0. The summed E-state index contributed by atoms with van der Waals surface area (Å²) in [4.78, 5) is 30.6. The van der Waals surface area contributed by atoms with E-state index in [0.717, 1.165) is 0 Å². The number of nitrogens with zero attached hydrogens (tertiary/aromatic N) is 3. The maximum atomic E-state index is 11.3. The minimum atomic E-state index is -0.976. The number of non-ortho nitro benzene ring substituents is 1. The molecule has 0 heterocycles. The normalized spacial score (nSPS) is 10.5. The molecule has 2 aromatic rings. The van der Waals surface area contributed by atoms with Crippen LogP contribution in [0.2, 0.25) is 10.0 Å². The molecule has 0 radical (unpaired) electrons. The molecule has 10 nitrogen and oxygen atoms in total. The molecule has 0 aliphatic rings. The van der Waals surface area contributed by atoms with Gasteiger partial charge >= 0.3 is 11.4 Å². The zero-order chi connectivity index (χ0) is 19.8. The first-order valence-electron chi connectivity index (χ1n) is 6.25. The van der Waals surface area contributed by atoms with Crippen molar-refractivity contribution in [2.24, 2.45) is 0 Å². The molecule has 0 fully saturated rings. The van der Waals surface area contributed by atoms with Gasteiger partial charge in [-0.15, -0.1) is 0 Å². The van der Waals surface area contributed by atoms with Crippen LogP contribution in [0.15, 0.2) is 27.1 Å².